The molecule has 0 aliphatic rings. The molecule has 0 heterocycles. The molecular weight excluding hydrogens is 288 g/mol. The first-order chi connectivity index (χ1) is 11.3. The van der Waals surface area contributed by atoms with Gasteiger partial charge in [0, 0.05) is 13.0 Å². The molecule has 0 aromatic heterocycles. The second-order valence-electron chi connectivity index (χ2n) is 5.98. The summed E-state index contributed by atoms with van der Waals surface area (Å²) in [4.78, 5) is 10.9. The predicted octanol–water partition coefficient (Wildman–Crippen LogP) is 5.34. The molecule has 0 rings (SSSR count). The first-order valence-corrected chi connectivity index (χ1v) is 9.29. The van der Waals surface area contributed by atoms with E-state index in [0.29, 0.717) is 13.0 Å². The molecule has 0 radical (unpaired) electrons. The number of esters is 1. The second-order valence-corrected chi connectivity index (χ2v) is 5.98. The number of allylic oxidation sites excluding steroid dienone is 4. The Bertz CT molecular complexity index is 308. The summed E-state index contributed by atoms with van der Waals surface area (Å²) >= 11 is 0. The van der Waals surface area contributed by atoms with Gasteiger partial charge < -0.3 is 9.84 Å². The van der Waals surface area contributed by atoms with Gasteiger partial charge in [0.2, 0.25) is 0 Å². The molecule has 3 heteroatoms. The van der Waals surface area contributed by atoms with Crippen molar-refractivity contribution in [2.45, 2.75) is 83.5 Å². The molecule has 0 aromatic carbocycles. The van der Waals surface area contributed by atoms with Gasteiger partial charge in [-0.15, -0.1) is 0 Å². The molecule has 134 valence electrons. The highest BCUT2D eigenvalue weighted by atomic mass is 16.5. The van der Waals surface area contributed by atoms with Crippen LogP contribution >= 0.6 is 0 Å². The number of ether oxygens (including phenoxy) is 1. The lowest BCUT2D eigenvalue weighted by molar-refractivity contribution is -0.140. The lowest BCUT2D eigenvalue weighted by atomic mass is 10.1. The van der Waals surface area contributed by atoms with Crippen molar-refractivity contribution in [3.63, 3.8) is 0 Å². The maximum Gasteiger partial charge on any atom is 0.305 e. The van der Waals surface area contributed by atoms with Crippen LogP contribution in [-0.2, 0) is 9.53 Å². The topological polar surface area (TPSA) is 46.5 Å². The zero-order valence-electron chi connectivity index (χ0n) is 15.0. The van der Waals surface area contributed by atoms with Crippen LogP contribution in [0.15, 0.2) is 24.3 Å². The Morgan fingerprint density at radius 3 is 1.65 bits per heavy atom. The van der Waals surface area contributed by atoms with Crippen LogP contribution in [-0.4, -0.2) is 24.8 Å². The van der Waals surface area contributed by atoms with E-state index in [1.165, 1.54) is 45.6 Å². The van der Waals surface area contributed by atoms with Crippen LogP contribution in [0.5, 0.6) is 0 Å². The number of aliphatic hydroxyl groups excluding tert-OH is 1. The number of carbonyl (C=O) groups is 1. The van der Waals surface area contributed by atoms with Crippen LogP contribution in [0, 0.1) is 0 Å². The summed E-state index contributed by atoms with van der Waals surface area (Å²) in [5.74, 6) is -0.113. The molecule has 0 atom stereocenters. The zero-order valence-corrected chi connectivity index (χ0v) is 15.0. The standard InChI is InChI=1S/C20H36O3/c1-23-20(22)18-16-14-12-10-8-6-4-2-3-5-7-9-11-13-15-17-19-21/h9-12,21H,2-8,13-19H2,1H3/b11-9-,12-10-. The Morgan fingerprint density at radius 1 is 0.739 bits per heavy atom. The van der Waals surface area contributed by atoms with E-state index in [1.54, 1.807) is 0 Å². The van der Waals surface area contributed by atoms with Gasteiger partial charge in [-0.1, -0.05) is 43.6 Å². The molecule has 0 aliphatic carbocycles. The number of hydrogen-bond acceptors (Lipinski definition) is 3. The fourth-order valence-electron chi connectivity index (χ4n) is 2.37. The molecule has 23 heavy (non-hydrogen) atoms. The predicted molar refractivity (Wildman–Crippen MR) is 97.4 cm³/mol. The lowest BCUT2D eigenvalue weighted by Crippen LogP contribution is -1.98. The monoisotopic (exact) mass is 324 g/mol. The number of aliphatic hydroxyl groups is 1. The van der Waals surface area contributed by atoms with Gasteiger partial charge in [0.25, 0.3) is 0 Å². The molecule has 0 amide bonds. The first kappa shape index (κ1) is 21.9. The quantitative estimate of drug-likeness (QED) is 0.237. The zero-order chi connectivity index (χ0) is 17.0. The van der Waals surface area contributed by atoms with Gasteiger partial charge in [-0.25, -0.2) is 0 Å². The third kappa shape index (κ3) is 18.9. The van der Waals surface area contributed by atoms with E-state index in [1.807, 2.05) is 0 Å². The van der Waals surface area contributed by atoms with Crippen molar-refractivity contribution >= 4 is 5.97 Å². The van der Waals surface area contributed by atoms with E-state index < -0.39 is 0 Å². The van der Waals surface area contributed by atoms with Gasteiger partial charge in [-0.2, -0.15) is 0 Å². The molecule has 1 N–H and O–H groups in total. The maximum atomic E-state index is 10.9. The highest BCUT2D eigenvalue weighted by molar-refractivity contribution is 5.68. The van der Waals surface area contributed by atoms with Gasteiger partial charge >= 0.3 is 5.97 Å². The van der Waals surface area contributed by atoms with Gasteiger partial charge in [0.05, 0.1) is 7.11 Å². The van der Waals surface area contributed by atoms with Crippen LogP contribution in [0.2, 0.25) is 0 Å². The van der Waals surface area contributed by atoms with Crippen molar-refractivity contribution in [3.8, 4) is 0 Å². The maximum absolute atomic E-state index is 10.9. The summed E-state index contributed by atoms with van der Waals surface area (Å²) in [6, 6.07) is 0. The number of carbonyl (C=O) groups excluding carboxylic acids is 1. The van der Waals surface area contributed by atoms with Crippen molar-refractivity contribution in [2.75, 3.05) is 13.7 Å². The highest BCUT2D eigenvalue weighted by Gasteiger charge is 1.96. The van der Waals surface area contributed by atoms with E-state index in [-0.39, 0.29) is 5.97 Å². The molecule has 0 aliphatic heterocycles. The fourth-order valence-corrected chi connectivity index (χ4v) is 2.37. The molecule has 0 fully saturated rings. The van der Waals surface area contributed by atoms with Gasteiger partial charge in [-0.3, -0.25) is 4.79 Å². The van der Waals surface area contributed by atoms with E-state index in [4.69, 9.17) is 5.11 Å². The molecule has 0 bridgehead atoms. The van der Waals surface area contributed by atoms with Crippen LogP contribution in [0.1, 0.15) is 83.5 Å². The fraction of sp³-hybridized carbons (Fsp3) is 0.750. The van der Waals surface area contributed by atoms with Crippen molar-refractivity contribution in [2.24, 2.45) is 0 Å². The molecule has 3 nitrogen and oxygen atoms in total. The largest absolute Gasteiger partial charge is 0.469 e. The summed E-state index contributed by atoms with van der Waals surface area (Å²) in [6.45, 7) is 0.316. The highest BCUT2D eigenvalue weighted by Crippen LogP contribution is 2.09. The number of rotatable bonds is 16. The summed E-state index contributed by atoms with van der Waals surface area (Å²) in [5, 5.41) is 8.67. The SMILES string of the molecule is COC(=O)CCC/C=C\CCCCCCC/C=C\CCCCO. The summed E-state index contributed by atoms with van der Waals surface area (Å²) in [6.07, 6.45) is 23.3. The van der Waals surface area contributed by atoms with Crippen molar-refractivity contribution in [1.29, 1.82) is 0 Å². The van der Waals surface area contributed by atoms with Gasteiger partial charge in [0.15, 0.2) is 0 Å². The van der Waals surface area contributed by atoms with E-state index >= 15 is 0 Å². The van der Waals surface area contributed by atoms with E-state index in [0.717, 1.165) is 38.5 Å². The Hall–Kier alpha value is -1.09. The summed E-state index contributed by atoms with van der Waals surface area (Å²) in [7, 11) is 1.44. The summed E-state index contributed by atoms with van der Waals surface area (Å²) < 4.78 is 4.60. The average molecular weight is 325 g/mol. The van der Waals surface area contributed by atoms with Crippen LogP contribution < -0.4 is 0 Å². The Labute approximate surface area is 142 Å². The van der Waals surface area contributed by atoms with E-state index in [2.05, 4.69) is 29.0 Å². The van der Waals surface area contributed by atoms with Crippen molar-refractivity contribution < 1.29 is 14.6 Å². The van der Waals surface area contributed by atoms with Gasteiger partial charge in [0.1, 0.15) is 0 Å². The first-order valence-electron chi connectivity index (χ1n) is 9.29. The Balaban J connectivity index is 3.17. The summed E-state index contributed by atoms with van der Waals surface area (Å²) in [5.41, 5.74) is 0. The van der Waals surface area contributed by atoms with Crippen molar-refractivity contribution in [3.05, 3.63) is 24.3 Å². The third-order valence-corrected chi connectivity index (χ3v) is 3.83. The van der Waals surface area contributed by atoms with Gasteiger partial charge in [-0.05, 0) is 57.8 Å². The molecular formula is C20H36O3. The normalized spacial score (nSPS) is 11.6. The Kier molecular flexibility index (Phi) is 18.1. The molecule has 0 spiro atoms. The van der Waals surface area contributed by atoms with Crippen LogP contribution in [0.25, 0.3) is 0 Å². The van der Waals surface area contributed by atoms with Crippen molar-refractivity contribution in [1.82, 2.24) is 0 Å². The smallest absolute Gasteiger partial charge is 0.305 e. The molecule has 0 saturated heterocycles. The molecule has 0 unspecified atom stereocenters. The minimum Gasteiger partial charge on any atom is -0.469 e. The molecule has 0 aromatic rings. The minimum atomic E-state index is -0.113. The van der Waals surface area contributed by atoms with E-state index in [9.17, 15) is 4.79 Å². The molecule has 0 saturated carbocycles. The van der Waals surface area contributed by atoms with Crippen LogP contribution in [0.3, 0.4) is 0 Å². The second kappa shape index (κ2) is 19.0. The third-order valence-electron chi connectivity index (χ3n) is 3.83. The Morgan fingerprint density at radius 2 is 1.17 bits per heavy atom. The van der Waals surface area contributed by atoms with Crippen LogP contribution in [0.4, 0.5) is 0 Å². The average Bonchev–Trinajstić information content (AvgIpc) is 2.57. The lowest BCUT2D eigenvalue weighted by Gasteiger charge is -1.99. The number of methoxy groups -OCH3 is 1. The number of unbranched alkanes of at least 4 members (excludes halogenated alkanes) is 9. The number of hydrogen-bond donors (Lipinski definition) is 1. The minimum absolute atomic E-state index is 0.113.